The van der Waals surface area contributed by atoms with Crippen LogP contribution in [0, 0.1) is 0 Å². The standard InChI is InChI=1S/C25H33N3O4/c1-32-24-8-3-2-7-23(24)28-18-16-27(17-19-28)15-5-4-6-20-9-11-21(12-10-20)22(26-31)13-14-25(29)30/h2-3,7-12,31H,4-6,13-19H2,1H3,(H,29,30)/b26-22-. The summed E-state index contributed by atoms with van der Waals surface area (Å²) in [5.41, 5.74) is 3.59. The van der Waals surface area contributed by atoms with Crippen molar-refractivity contribution in [2.75, 3.05) is 44.7 Å². The minimum absolute atomic E-state index is 0.0473. The zero-order valence-electron chi connectivity index (χ0n) is 18.7. The molecule has 0 amide bonds. The third kappa shape index (κ3) is 6.72. The summed E-state index contributed by atoms with van der Waals surface area (Å²) in [4.78, 5) is 15.7. The van der Waals surface area contributed by atoms with E-state index >= 15 is 0 Å². The second-order valence-corrected chi connectivity index (χ2v) is 8.10. The number of piperazine rings is 1. The van der Waals surface area contributed by atoms with Gasteiger partial charge in [-0.05, 0) is 49.1 Å². The van der Waals surface area contributed by atoms with E-state index in [1.165, 1.54) is 11.3 Å². The average molecular weight is 440 g/mol. The summed E-state index contributed by atoms with van der Waals surface area (Å²) in [6.07, 6.45) is 3.44. The van der Waals surface area contributed by atoms with Gasteiger partial charge in [0.05, 0.1) is 24.9 Å². The maximum atomic E-state index is 10.7. The average Bonchev–Trinajstić information content (AvgIpc) is 2.83. The minimum atomic E-state index is -0.899. The highest BCUT2D eigenvalue weighted by Crippen LogP contribution is 2.28. The van der Waals surface area contributed by atoms with E-state index in [4.69, 9.17) is 15.1 Å². The van der Waals surface area contributed by atoms with E-state index in [0.29, 0.717) is 5.71 Å². The van der Waals surface area contributed by atoms with Crippen molar-refractivity contribution >= 4 is 17.4 Å². The van der Waals surface area contributed by atoms with E-state index in [9.17, 15) is 4.79 Å². The first-order chi connectivity index (χ1) is 15.6. The Morgan fingerprint density at radius 1 is 1.00 bits per heavy atom. The van der Waals surface area contributed by atoms with Gasteiger partial charge < -0.3 is 20.0 Å². The van der Waals surface area contributed by atoms with E-state index < -0.39 is 5.97 Å². The smallest absolute Gasteiger partial charge is 0.303 e. The lowest BCUT2D eigenvalue weighted by Gasteiger charge is -2.36. The lowest BCUT2D eigenvalue weighted by Crippen LogP contribution is -2.46. The molecule has 1 aliphatic heterocycles. The Balaban J connectivity index is 1.37. The van der Waals surface area contributed by atoms with Crippen molar-refractivity contribution in [3.05, 3.63) is 59.7 Å². The highest BCUT2D eigenvalue weighted by molar-refractivity contribution is 6.01. The molecule has 0 atom stereocenters. The first-order valence-corrected chi connectivity index (χ1v) is 11.2. The molecule has 7 nitrogen and oxygen atoms in total. The summed E-state index contributed by atoms with van der Waals surface area (Å²) >= 11 is 0. The lowest BCUT2D eigenvalue weighted by atomic mass is 10.0. The summed E-state index contributed by atoms with van der Waals surface area (Å²) in [7, 11) is 1.72. The molecule has 0 saturated carbocycles. The number of carboxylic acids is 1. The van der Waals surface area contributed by atoms with Crippen LogP contribution < -0.4 is 9.64 Å². The lowest BCUT2D eigenvalue weighted by molar-refractivity contribution is -0.136. The van der Waals surface area contributed by atoms with Crippen molar-refractivity contribution in [3.8, 4) is 5.75 Å². The number of oxime groups is 1. The van der Waals surface area contributed by atoms with Crippen LogP contribution in [0.3, 0.4) is 0 Å². The number of para-hydroxylation sites is 2. The monoisotopic (exact) mass is 439 g/mol. The number of benzene rings is 2. The number of carboxylic acid groups (broad SMARTS) is 1. The van der Waals surface area contributed by atoms with Gasteiger partial charge in [-0.2, -0.15) is 0 Å². The topological polar surface area (TPSA) is 85.6 Å². The van der Waals surface area contributed by atoms with E-state index in [0.717, 1.165) is 63.3 Å². The quantitative estimate of drug-likeness (QED) is 0.239. The molecule has 172 valence electrons. The Kier molecular flexibility index (Phi) is 8.92. The summed E-state index contributed by atoms with van der Waals surface area (Å²) in [5, 5.41) is 21.2. The highest BCUT2D eigenvalue weighted by Gasteiger charge is 2.19. The molecule has 1 aliphatic rings. The number of hydrogen-bond acceptors (Lipinski definition) is 6. The van der Waals surface area contributed by atoms with Crippen LogP contribution in [0.25, 0.3) is 0 Å². The molecule has 2 N–H and O–H groups in total. The fraction of sp³-hybridized carbons (Fsp3) is 0.440. The predicted octanol–water partition coefficient (Wildman–Crippen LogP) is 3.88. The van der Waals surface area contributed by atoms with E-state index in [-0.39, 0.29) is 12.8 Å². The van der Waals surface area contributed by atoms with Gasteiger partial charge in [-0.25, -0.2) is 0 Å². The van der Waals surface area contributed by atoms with Crippen LogP contribution in [-0.4, -0.2) is 66.7 Å². The van der Waals surface area contributed by atoms with Crippen molar-refractivity contribution < 1.29 is 19.8 Å². The predicted molar refractivity (Wildman–Crippen MR) is 126 cm³/mol. The van der Waals surface area contributed by atoms with Crippen LogP contribution in [-0.2, 0) is 11.2 Å². The number of aliphatic carboxylic acids is 1. The number of nitrogens with zero attached hydrogens (tertiary/aromatic N) is 3. The Hall–Kier alpha value is -3.06. The molecule has 1 saturated heterocycles. The zero-order valence-corrected chi connectivity index (χ0v) is 18.7. The molecule has 0 aliphatic carbocycles. The van der Waals surface area contributed by atoms with Crippen molar-refractivity contribution in [1.82, 2.24) is 4.90 Å². The summed E-state index contributed by atoms with van der Waals surface area (Å²) < 4.78 is 5.50. The normalized spacial score (nSPS) is 15.0. The highest BCUT2D eigenvalue weighted by atomic mass is 16.5. The van der Waals surface area contributed by atoms with Crippen LogP contribution in [0.15, 0.2) is 53.7 Å². The van der Waals surface area contributed by atoms with Gasteiger partial charge in [0.1, 0.15) is 5.75 Å². The van der Waals surface area contributed by atoms with Gasteiger partial charge in [0.15, 0.2) is 0 Å². The molecule has 2 aromatic carbocycles. The van der Waals surface area contributed by atoms with Crippen LogP contribution in [0.2, 0.25) is 0 Å². The first kappa shape index (κ1) is 23.6. The number of unbranched alkanes of at least 4 members (excludes halogenated alkanes) is 1. The van der Waals surface area contributed by atoms with Gasteiger partial charge in [0, 0.05) is 32.6 Å². The van der Waals surface area contributed by atoms with Crippen LogP contribution >= 0.6 is 0 Å². The fourth-order valence-electron chi connectivity index (χ4n) is 4.11. The zero-order chi connectivity index (χ0) is 22.8. The number of carbonyl (C=O) groups is 1. The molecule has 0 radical (unpaired) electrons. The Labute approximate surface area is 189 Å². The molecule has 1 fully saturated rings. The van der Waals surface area contributed by atoms with Crippen LogP contribution in [0.4, 0.5) is 5.69 Å². The molecule has 0 unspecified atom stereocenters. The van der Waals surface area contributed by atoms with Crippen molar-refractivity contribution in [2.24, 2.45) is 5.16 Å². The molecule has 0 aromatic heterocycles. The minimum Gasteiger partial charge on any atom is -0.495 e. The molecule has 7 heteroatoms. The molecule has 3 rings (SSSR count). The van der Waals surface area contributed by atoms with Gasteiger partial charge in [-0.3, -0.25) is 9.69 Å². The molecule has 1 heterocycles. The molecule has 0 bridgehead atoms. The Bertz CT molecular complexity index is 890. The SMILES string of the molecule is COc1ccccc1N1CCN(CCCCc2ccc(/C(CCC(=O)O)=N\O)cc2)CC1. The van der Waals surface area contributed by atoms with Crippen molar-refractivity contribution in [2.45, 2.75) is 32.1 Å². The molecular weight excluding hydrogens is 406 g/mol. The van der Waals surface area contributed by atoms with Gasteiger partial charge >= 0.3 is 5.97 Å². The van der Waals surface area contributed by atoms with E-state index in [2.05, 4.69) is 27.1 Å². The molecule has 2 aromatic rings. The Morgan fingerprint density at radius 3 is 2.38 bits per heavy atom. The van der Waals surface area contributed by atoms with E-state index in [1.807, 2.05) is 36.4 Å². The number of anilines is 1. The second kappa shape index (κ2) is 12.1. The maximum absolute atomic E-state index is 10.7. The van der Waals surface area contributed by atoms with Gasteiger partial charge in [-0.1, -0.05) is 41.6 Å². The van der Waals surface area contributed by atoms with Gasteiger partial charge in [0.25, 0.3) is 0 Å². The number of ether oxygens (including phenoxy) is 1. The number of aryl methyl sites for hydroxylation is 1. The van der Waals surface area contributed by atoms with Crippen LogP contribution in [0.1, 0.15) is 36.8 Å². The number of hydrogen-bond donors (Lipinski definition) is 2. The van der Waals surface area contributed by atoms with Crippen LogP contribution in [0.5, 0.6) is 5.75 Å². The van der Waals surface area contributed by atoms with Crippen molar-refractivity contribution in [1.29, 1.82) is 0 Å². The molecule has 32 heavy (non-hydrogen) atoms. The third-order valence-corrected chi connectivity index (χ3v) is 5.97. The number of rotatable bonds is 11. The van der Waals surface area contributed by atoms with Gasteiger partial charge in [0.2, 0.25) is 0 Å². The molecular formula is C25H33N3O4. The summed E-state index contributed by atoms with van der Waals surface area (Å²) in [6, 6.07) is 16.1. The van der Waals surface area contributed by atoms with Gasteiger partial charge in [-0.15, -0.1) is 0 Å². The first-order valence-electron chi connectivity index (χ1n) is 11.2. The van der Waals surface area contributed by atoms with Crippen molar-refractivity contribution in [3.63, 3.8) is 0 Å². The third-order valence-electron chi connectivity index (χ3n) is 5.97. The Morgan fingerprint density at radius 2 is 1.72 bits per heavy atom. The fourth-order valence-corrected chi connectivity index (χ4v) is 4.11. The summed E-state index contributed by atoms with van der Waals surface area (Å²) in [5.74, 6) is 0.0372. The maximum Gasteiger partial charge on any atom is 0.303 e. The van der Waals surface area contributed by atoms with E-state index in [1.54, 1.807) is 7.11 Å². The second-order valence-electron chi connectivity index (χ2n) is 8.10. The summed E-state index contributed by atoms with van der Waals surface area (Å²) in [6.45, 7) is 5.25. The molecule has 0 spiro atoms. The number of methoxy groups -OCH3 is 1. The largest absolute Gasteiger partial charge is 0.495 e.